The molecule has 0 radical (unpaired) electrons. The predicted octanol–water partition coefficient (Wildman–Crippen LogP) is 1.93. The van der Waals surface area contributed by atoms with E-state index in [0.717, 1.165) is 14.2 Å². The molecule has 0 aliphatic carbocycles. The molecule has 0 aromatic heterocycles. The van der Waals surface area contributed by atoms with Crippen LogP contribution in [0, 0.1) is 34.9 Å². The van der Waals surface area contributed by atoms with Crippen molar-refractivity contribution < 1.29 is 35.8 Å². The van der Waals surface area contributed by atoms with Crippen LogP contribution in [-0.2, 0) is 0 Å². The molecular formula is C14H9BF6O2. The van der Waals surface area contributed by atoms with Crippen molar-refractivity contribution in [3.8, 4) is 11.5 Å². The molecule has 23 heavy (non-hydrogen) atoms. The molecule has 122 valence electrons. The fourth-order valence-corrected chi connectivity index (χ4v) is 2.12. The van der Waals surface area contributed by atoms with Gasteiger partial charge in [-0.3, -0.25) is 0 Å². The quantitative estimate of drug-likeness (QED) is 0.483. The van der Waals surface area contributed by atoms with E-state index in [1.54, 1.807) is 0 Å². The first-order valence-electron chi connectivity index (χ1n) is 6.22. The van der Waals surface area contributed by atoms with E-state index in [1.807, 2.05) is 0 Å². The van der Waals surface area contributed by atoms with Crippen molar-refractivity contribution in [1.29, 1.82) is 0 Å². The van der Waals surface area contributed by atoms with E-state index >= 15 is 0 Å². The van der Waals surface area contributed by atoms with Crippen LogP contribution >= 0.6 is 0 Å². The normalized spacial score (nSPS) is 10.6. The zero-order chi connectivity index (χ0) is 17.3. The van der Waals surface area contributed by atoms with Gasteiger partial charge in [0, 0.05) is 17.6 Å². The smallest absolute Gasteiger partial charge is 0.209 e. The van der Waals surface area contributed by atoms with Crippen LogP contribution in [-0.4, -0.2) is 21.5 Å². The third-order valence-corrected chi connectivity index (χ3v) is 3.21. The molecule has 0 N–H and O–H groups in total. The number of halogens is 6. The molecule has 2 nitrogen and oxygen atoms in total. The third-order valence-electron chi connectivity index (χ3n) is 3.21. The average molecular weight is 334 g/mol. The van der Waals surface area contributed by atoms with Crippen molar-refractivity contribution in [3.05, 3.63) is 47.0 Å². The largest absolute Gasteiger partial charge is 0.494 e. The summed E-state index contributed by atoms with van der Waals surface area (Å²) in [6.45, 7) is 0. The molecule has 0 saturated heterocycles. The molecule has 0 fully saturated rings. The van der Waals surface area contributed by atoms with Gasteiger partial charge in [-0.1, -0.05) is 0 Å². The lowest BCUT2D eigenvalue weighted by Gasteiger charge is -2.13. The van der Waals surface area contributed by atoms with Gasteiger partial charge in [-0.2, -0.15) is 0 Å². The summed E-state index contributed by atoms with van der Waals surface area (Å²) in [5.41, 5.74) is -1.72. The molecule has 0 amide bonds. The van der Waals surface area contributed by atoms with E-state index in [9.17, 15) is 26.3 Å². The van der Waals surface area contributed by atoms with Gasteiger partial charge in [-0.15, -0.1) is 0 Å². The molecule has 2 rings (SSSR count). The second kappa shape index (κ2) is 6.43. The summed E-state index contributed by atoms with van der Waals surface area (Å²) < 4.78 is 91.3. The van der Waals surface area contributed by atoms with Gasteiger partial charge >= 0.3 is 0 Å². The van der Waals surface area contributed by atoms with Gasteiger partial charge in [0.1, 0.15) is 0 Å². The first-order valence-corrected chi connectivity index (χ1v) is 6.22. The van der Waals surface area contributed by atoms with E-state index < -0.39 is 64.6 Å². The zero-order valence-corrected chi connectivity index (χ0v) is 11.9. The minimum atomic E-state index is -1.62. The highest BCUT2D eigenvalue weighted by atomic mass is 19.2. The number of methoxy groups -OCH3 is 2. The van der Waals surface area contributed by atoms with Crippen molar-refractivity contribution in [2.45, 2.75) is 0 Å². The topological polar surface area (TPSA) is 18.5 Å². The van der Waals surface area contributed by atoms with Gasteiger partial charge in [-0.25, -0.2) is 26.3 Å². The SMILES string of the molecule is COc1cc(F)c(F)c(Bc2c(F)c(F)cc(F)c2OC)c1F. The Kier molecular flexibility index (Phi) is 4.77. The third kappa shape index (κ3) is 2.95. The molecule has 0 heterocycles. The summed E-state index contributed by atoms with van der Waals surface area (Å²) in [6.07, 6.45) is 0. The second-order valence-electron chi connectivity index (χ2n) is 4.51. The molecule has 9 heteroatoms. The average Bonchev–Trinajstić information content (AvgIpc) is 2.51. The number of hydrogen-bond donors (Lipinski definition) is 0. The minimum Gasteiger partial charge on any atom is -0.494 e. The van der Waals surface area contributed by atoms with Crippen molar-refractivity contribution in [2.75, 3.05) is 14.2 Å². The van der Waals surface area contributed by atoms with E-state index in [0.29, 0.717) is 6.07 Å². The van der Waals surface area contributed by atoms with E-state index in [2.05, 4.69) is 9.47 Å². The van der Waals surface area contributed by atoms with Crippen LogP contribution in [0.2, 0.25) is 0 Å². The predicted molar refractivity (Wildman–Crippen MR) is 72.2 cm³/mol. The molecule has 0 aliphatic rings. The zero-order valence-electron chi connectivity index (χ0n) is 11.9. The Morgan fingerprint density at radius 2 is 1.26 bits per heavy atom. The molecule has 2 aromatic carbocycles. The Labute approximate surface area is 127 Å². The summed E-state index contributed by atoms with van der Waals surface area (Å²) in [4.78, 5) is 0. The molecule has 0 spiro atoms. The standard InChI is InChI=1S/C14H9BF6O2/c1-22-8-4-6(17)11(19)9(13(8)21)15-10-12(20)5(16)3-7(18)14(10)23-2/h3-4,15H,1-2H3. The Hall–Kier alpha value is -2.32. The minimum absolute atomic E-state index is 0.233. The number of hydrogen-bond acceptors (Lipinski definition) is 2. The van der Waals surface area contributed by atoms with Gasteiger partial charge in [0.05, 0.1) is 14.2 Å². The van der Waals surface area contributed by atoms with Gasteiger partial charge in [0.2, 0.25) is 7.28 Å². The summed E-state index contributed by atoms with van der Waals surface area (Å²) in [6, 6.07) is 0.699. The van der Waals surface area contributed by atoms with E-state index in [-0.39, 0.29) is 6.07 Å². The summed E-state index contributed by atoms with van der Waals surface area (Å²) >= 11 is 0. The molecule has 0 saturated carbocycles. The lowest BCUT2D eigenvalue weighted by molar-refractivity contribution is 0.378. The molecule has 0 bridgehead atoms. The van der Waals surface area contributed by atoms with Crippen LogP contribution in [0.25, 0.3) is 0 Å². The fourth-order valence-electron chi connectivity index (χ4n) is 2.12. The molecule has 0 aliphatic heterocycles. The van der Waals surface area contributed by atoms with E-state index in [4.69, 9.17) is 0 Å². The highest BCUT2D eigenvalue weighted by Crippen LogP contribution is 2.21. The fraction of sp³-hybridized carbons (Fsp3) is 0.143. The summed E-state index contributed by atoms with van der Waals surface area (Å²) in [7, 11) is 1.01. The van der Waals surface area contributed by atoms with Gasteiger partial charge in [-0.05, 0) is 5.46 Å². The molecular weight excluding hydrogens is 325 g/mol. The number of ether oxygens (including phenoxy) is 2. The Morgan fingerprint density at radius 3 is 1.83 bits per heavy atom. The Bertz CT molecular complexity index is 766. The van der Waals surface area contributed by atoms with E-state index in [1.165, 1.54) is 0 Å². The molecule has 0 atom stereocenters. The Morgan fingerprint density at radius 1 is 0.696 bits per heavy atom. The van der Waals surface area contributed by atoms with Crippen LogP contribution in [0.1, 0.15) is 0 Å². The summed E-state index contributed by atoms with van der Waals surface area (Å²) in [5, 5.41) is 0. The first-order chi connectivity index (χ1) is 10.8. The van der Waals surface area contributed by atoms with Crippen LogP contribution < -0.4 is 20.4 Å². The van der Waals surface area contributed by atoms with Crippen molar-refractivity contribution in [3.63, 3.8) is 0 Å². The van der Waals surface area contributed by atoms with Gasteiger partial charge in [0.25, 0.3) is 0 Å². The summed E-state index contributed by atoms with van der Waals surface area (Å²) in [5.74, 6) is -10.1. The highest BCUT2D eigenvalue weighted by molar-refractivity contribution is 6.68. The molecule has 0 unspecified atom stereocenters. The van der Waals surface area contributed by atoms with Crippen LogP contribution in [0.15, 0.2) is 12.1 Å². The number of benzene rings is 2. The van der Waals surface area contributed by atoms with Crippen LogP contribution in [0.4, 0.5) is 26.3 Å². The lowest BCUT2D eigenvalue weighted by Crippen LogP contribution is -2.37. The van der Waals surface area contributed by atoms with Gasteiger partial charge < -0.3 is 9.47 Å². The van der Waals surface area contributed by atoms with Crippen molar-refractivity contribution in [2.24, 2.45) is 0 Å². The maximum absolute atomic E-state index is 14.1. The lowest BCUT2D eigenvalue weighted by atomic mass is 9.62. The second-order valence-corrected chi connectivity index (χ2v) is 4.51. The maximum atomic E-state index is 14.1. The van der Waals surface area contributed by atoms with Crippen molar-refractivity contribution in [1.82, 2.24) is 0 Å². The number of rotatable bonds is 4. The molecule has 2 aromatic rings. The highest BCUT2D eigenvalue weighted by Gasteiger charge is 2.26. The maximum Gasteiger partial charge on any atom is 0.209 e. The Balaban J connectivity index is 2.67. The monoisotopic (exact) mass is 334 g/mol. The van der Waals surface area contributed by atoms with Crippen molar-refractivity contribution >= 4 is 18.2 Å². The van der Waals surface area contributed by atoms with Crippen LogP contribution in [0.3, 0.4) is 0 Å². The first kappa shape index (κ1) is 17.0. The van der Waals surface area contributed by atoms with Crippen LogP contribution in [0.5, 0.6) is 11.5 Å². The van der Waals surface area contributed by atoms with Gasteiger partial charge in [0.15, 0.2) is 46.4 Å².